The molecule has 21 heavy (non-hydrogen) atoms. The van der Waals surface area contributed by atoms with Crippen molar-refractivity contribution in [1.29, 1.82) is 0 Å². The summed E-state index contributed by atoms with van der Waals surface area (Å²) in [5.74, 6) is 0.483. The molecule has 0 aromatic heterocycles. The quantitative estimate of drug-likeness (QED) is 0.334. The molecule has 0 fully saturated rings. The number of nitrogens with one attached hydrogen (secondary N) is 2. The summed E-state index contributed by atoms with van der Waals surface area (Å²) in [7, 11) is 2.48. The van der Waals surface area contributed by atoms with E-state index in [1.165, 1.54) is 22.7 Å². The van der Waals surface area contributed by atoms with Crippen molar-refractivity contribution in [2.45, 2.75) is 44.6 Å². The Morgan fingerprint density at radius 1 is 1.33 bits per heavy atom. The highest BCUT2D eigenvalue weighted by Gasteiger charge is 2.30. The van der Waals surface area contributed by atoms with E-state index in [4.69, 9.17) is 0 Å². The van der Waals surface area contributed by atoms with Crippen LogP contribution in [0.5, 0.6) is 0 Å². The largest absolute Gasteiger partial charge is 0.392 e. The first-order valence-electron chi connectivity index (χ1n) is 7.40. The van der Waals surface area contributed by atoms with E-state index in [9.17, 15) is 10.2 Å². The zero-order valence-corrected chi connectivity index (χ0v) is 14.3. The monoisotopic (exact) mass is 328 g/mol. The second-order valence-corrected chi connectivity index (χ2v) is 6.97. The number of aliphatic hydroxyl groups excluding tert-OH is 2. The molecule has 0 radical (unpaired) electrons. The van der Waals surface area contributed by atoms with E-state index in [1.807, 2.05) is 6.07 Å². The molecule has 5 atom stereocenters. The zero-order valence-electron chi connectivity index (χ0n) is 12.3. The van der Waals surface area contributed by atoms with Crippen molar-refractivity contribution in [3.05, 3.63) is 35.4 Å². The summed E-state index contributed by atoms with van der Waals surface area (Å²) in [6.07, 6.45) is 1.17. The van der Waals surface area contributed by atoms with Crippen LogP contribution in [0.1, 0.15) is 36.9 Å². The van der Waals surface area contributed by atoms with Crippen LogP contribution in [0, 0.1) is 5.92 Å². The summed E-state index contributed by atoms with van der Waals surface area (Å²) in [6, 6.07) is 8.62. The molecule has 0 amide bonds. The molecule has 0 heterocycles. The number of hydrogen-bond acceptors (Lipinski definition) is 5. The minimum absolute atomic E-state index is 0.203. The summed E-state index contributed by atoms with van der Waals surface area (Å²) >= 11 is 1.41. The molecule has 1 aliphatic carbocycles. The van der Waals surface area contributed by atoms with E-state index in [0.717, 1.165) is 6.42 Å². The molecule has 118 valence electrons. The van der Waals surface area contributed by atoms with Gasteiger partial charge in [-0.3, -0.25) is 10.0 Å². The SMILES string of the molecule is CC1Cc2ccccc2C1NC(O)CCC(O)CNSP. The van der Waals surface area contributed by atoms with Gasteiger partial charge in [-0.15, -0.1) is 0 Å². The second-order valence-electron chi connectivity index (χ2n) is 5.74. The third kappa shape index (κ3) is 4.92. The Balaban J connectivity index is 1.81. The number of fused-ring (bicyclic) bond motifs is 1. The van der Waals surface area contributed by atoms with Crippen molar-refractivity contribution in [2.75, 3.05) is 6.54 Å². The summed E-state index contributed by atoms with van der Waals surface area (Å²) in [5.41, 5.74) is 2.67. The molecule has 1 aromatic carbocycles. The van der Waals surface area contributed by atoms with Crippen LogP contribution in [0.3, 0.4) is 0 Å². The minimum atomic E-state index is -0.582. The summed E-state index contributed by atoms with van der Waals surface area (Å²) in [5, 5.41) is 23.3. The highest BCUT2D eigenvalue weighted by molar-refractivity contribution is 8.42. The van der Waals surface area contributed by atoms with E-state index in [-0.39, 0.29) is 6.04 Å². The summed E-state index contributed by atoms with van der Waals surface area (Å²) < 4.78 is 2.99. The van der Waals surface area contributed by atoms with E-state index >= 15 is 0 Å². The van der Waals surface area contributed by atoms with Gasteiger partial charge in [0.05, 0.1) is 6.10 Å². The first-order valence-corrected chi connectivity index (χ1v) is 9.69. The Kier molecular flexibility index (Phi) is 6.93. The molecule has 4 N–H and O–H groups in total. The Morgan fingerprint density at radius 3 is 2.86 bits per heavy atom. The van der Waals surface area contributed by atoms with E-state index in [1.54, 1.807) is 0 Å². The van der Waals surface area contributed by atoms with Crippen molar-refractivity contribution >= 4 is 20.0 Å². The molecule has 0 aliphatic heterocycles. The van der Waals surface area contributed by atoms with Gasteiger partial charge in [-0.2, -0.15) is 0 Å². The second kappa shape index (κ2) is 8.47. The fourth-order valence-corrected chi connectivity index (χ4v) is 3.51. The van der Waals surface area contributed by atoms with Crippen LogP contribution in [0.4, 0.5) is 0 Å². The van der Waals surface area contributed by atoms with E-state index in [2.05, 4.69) is 43.6 Å². The average molecular weight is 328 g/mol. The Morgan fingerprint density at radius 2 is 2.10 bits per heavy atom. The van der Waals surface area contributed by atoms with Gasteiger partial charge < -0.3 is 10.2 Å². The van der Waals surface area contributed by atoms with Crippen molar-refractivity contribution in [1.82, 2.24) is 10.0 Å². The third-order valence-electron chi connectivity index (χ3n) is 4.05. The number of rotatable bonds is 8. The molecule has 2 rings (SSSR count). The molecule has 0 bridgehead atoms. The standard InChI is InChI=1S/C15H25N2O2PS/c1-10-8-11-4-2-3-5-13(11)15(10)17-14(19)7-6-12(18)9-16-21-20/h2-5,10,12,14-19H,6-9,20H2,1H3. The van der Waals surface area contributed by atoms with Crippen LogP contribution in [-0.2, 0) is 6.42 Å². The van der Waals surface area contributed by atoms with Gasteiger partial charge >= 0.3 is 0 Å². The first kappa shape index (κ1) is 17.2. The lowest BCUT2D eigenvalue weighted by molar-refractivity contribution is 0.0796. The van der Waals surface area contributed by atoms with Gasteiger partial charge in [0.25, 0.3) is 0 Å². The lowest BCUT2D eigenvalue weighted by atomic mass is 10.0. The maximum absolute atomic E-state index is 10.2. The predicted molar refractivity (Wildman–Crippen MR) is 91.7 cm³/mol. The molecular weight excluding hydrogens is 303 g/mol. The van der Waals surface area contributed by atoms with E-state index in [0.29, 0.717) is 25.3 Å². The molecule has 1 aromatic rings. The van der Waals surface area contributed by atoms with E-state index < -0.39 is 12.3 Å². The molecule has 0 saturated heterocycles. The molecule has 6 heteroatoms. The molecule has 4 nitrogen and oxygen atoms in total. The van der Waals surface area contributed by atoms with Gasteiger partial charge in [0.1, 0.15) is 6.23 Å². The van der Waals surface area contributed by atoms with Crippen molar-refractivity contribution < 1.29 is 10.2 Å². The van der Waals surface area contributed by atoms with Gasteiger partial charge in [-0.1, -0.05) is 51.2 Å². The highest BCUT2D eigenvalue weighted by Crippen LogP contribution is 2.35. The van der Waals surface area contributed by atoms with Gasteiger partial charge in [0, 0.05) is 12.6 Å². The Hall–Kier alpha value is -0.160. The molecule has 1 aliphatic rings. The van der Waals surface area contributed by atoms with Crippen molar-refractivity contribution in [2.24, 2.45) is 5.92 Å². The highest BCUT2D eigenvalue weighted by atomic mass is 32.7. The maximum atomic E-state index is 10.2. The minimum Gasteiger partial charge on any atom is -0.392 e. The summed E-state index contributed by atoms with van der Waals surface area (Å²) in [4.78, 5) is 0. The topological polar surface area (TPSA) is 64.5 Å². The Bertz CT molecular complexity index is 449. The maximum Gasteiger partial charge on any atom is 0.105 e. The predicted octanol–water partition coefficient (Wildman–Crippen LogP) is 2.00. The molecule has 0 saturated carbocycles. The first-order chi connectivity index (χ1) is 10.1. The van der Waals surface area contributed by atoms with Gasteiger partial charge in [0.15, 0.2) is 0 Å². The van der Waals surface area contributed by atoms with Crippen LogP contribution < -0.4 is 10.0 Å². The van der Waals surface area contributed by atoms with Gasteiger partial charge in [-0.05, 0) is 36.3 Å². The molecule has 0 spiro atoms. The van der Waals surface area contributed by atoms with Crippen LogP contribution in [0.25, 0.3) is 0 Å². The lowest BCUT2D eigenvalue weighted by Crippen LogP contribution is -2.35. The fraction of sp³-hybridized carbons (Fsp3) is 0.600. The van der Waals surface area contributed by atoms with Crippen LogP contribution in [0.2, 0.25) is 0 Å². The average Bonchev–Trinajstić information content (AvgIpc) is 2.79. The van der Waals surface area contributed by atoms with Crippen LogP contribution in [-0.4, -0.2) is 29.1 Å². The summed E-state index contributed by atoms with van der Waals surface area (Å²) in [6.45, 7) is 2.74. The fourth-order valence-electron chi connectivity index (χ4n) is 2.94. The zero-order chi connectivity index (χ0) is 15.2. The smallest absolute Gasteiger partial charge is 0.105 e. The molecular formula is C15H25N2O2PS. The van der Waals surface area contributed by atoms with Crippen molar-refractivity contribution in [3.8, 4) is 0 Å². The number of benzene rings is 1. The third-order valence-corrected chi connectivity index (χ3v) is 4.88. The van der Waals surface area contributed by atoms with Gasteiger partial charge in [0.2, 0.25) is 0 Å². The lowest BCUT2D eigenvalue weighted by Gasteiger charge is -2.23. The number of aliphatic hydroxyl groups is 2. The number of hydrogen-bond donors (Lipinski definition) is 4. The normalized spacial score (nSPS) is 23.8. The van der Waals surface area contributed by atoms with Crippen molar-refractivity contribution in [3.63, 3.8) is 0 Å². The van der Waals surface area contributed by atoms with Crippen LogP contribution >= 0.6 is 20.0 Å². The van der Waals surface area contributed by atoms with Crippen LogP contribution in [0.15, 0.2) is 24.3 Å². The molecule has 5 unspecified atom stereocenters. The Labute approximate surface area is 133 Å². The van der Waals surface area contributed by atoms with Gasteiger partial charge in [-0.25, -0.2) is 0 Å².